The lowest BCUT2D eigenvalue weighted by molar-refractivity contribution is 0.0941. The Kier molecular flexibility index (Phi) is 6.93. The smallest absolute Gasteiger partial charge is 0.269 e. The maximum absolute atomic E-state index is 11.9. The highest BCUT2D eigenvalue weighted by molar-refractivity contribution is 5.92. The van der Waals surface area contributed by atoms with Crippen LogP contribution >= 0.6 is 0 Å². The van der Waals surface area contributed by atoms with Crippen molar-refractivity contribution in [1.82, 2.24) is 10.3 Å². The van der Waals surface area contributed by atoms with Crippen LogP contribution in [0.2, 0.25) is 0 Å². The Morgan fingerprint density at radius 2 is 2.00 bits per heavy atom. The van der Waals surface area contributed by atoms with Crippen molar-refractivity contribution in [1.29, 1.82) is 0 Å². The van der Waals surface area contributed by atoms with Gasteiger partial charge in [-0.2, -0.15) is 0 Å². The molecule has 0 bridgehead atoms. The third kappa shape index (κ3) is 5.28. The molecule has 1 rings (SSSR count). The molecule has 0 fully saturated rings. The monoisotopic (exact) mass is 263 g/mol. The van der Waals surface area contributed by atoms with Crippen LogP contribution in [0.25, 0.3) is 0 Å². The van der Waals surface area contributed by atoms with E-state index in [-0.39, 0.29) is 5.91 Å². The van der Waals surface area contributed by atoms with Crippen LogP contribution in [0.1, 0.15) is 50.5 Å². The third-order valence-electron chi connectivity index (χ3n) is 3.28. The molecule has 0 unspecified atom stereocenters. The molecule has 0 saturated heterocycles. The molecule has 0 atom stereocenters. The number of rotatable bonds is 8. The van der Waals surface area contributed by atoms with Crippen LogP contribution < -0.4 is 10.6 Å². The number of nitrogens with one attached hydrogen (secondary N) is 2. The molecule has 4 heteroatoms. The lowest BCUT2D eigenvalue weighted by Crippen LogP contribution is -2.29. The Morgan fingerprint density at radius 1 is 1.26 bits per heavy atom. The molecule has 1 amide bonds. The zero-order chi connectivity index (χ0) is 14.1. The number of carbonyl (C=O) groups excluding carboxylic acids is 1. The van der Waals surface area contributed by atoms with Gasteiger partial charge >= 0.3 is 0 Å². The first-order valence-electron chi connectivity index (χ1n) is 7.19. The number of carbonyl (C=O) groups is 1. The molecule has 1 aromatic heterocycles. The average Bonchev–Trinajstić information content (AvgIpc) is 2.46. The van der Waals surface area contributed by atoms with Gasteiger partial charge in [0.15, 0.2) is 0 Å². The molecule has 4 nitrogen and oxygen atoms in total. The fourth-order valence-corrected chi connectivity index (χ4v) is 1.81. The van der Waals surface area contributed by atoms with E-state index in [9.17, 15) is 4.79 Å². The first-order chi connectivity index (χ1) is 9.21. The summed E-state index contributed by atoms with van der Waals surface area (Å²) in [5.74, 6) is 0.461. The van der Waals surface area contributed by atoms with Gasteiger partial charge in [-0.15, -0.1) is 0 Å². The van der Waals surface area contributed by atoms with E-state index in [1.54, 1.807) is 12.3 Å². The third-order valence-corrected chi connectivity index (χ3v) is 3.28. The lowest BCUT2D eigenvalue weighted by atomic mass is 10.0. The molecule has 1 heterocycles. The van der Waals surface area contributed by atoms with Crippen molar-refractivity contribution in [3.63, 3.8) is 0 Å². The van der Waals surface area contributed by atoms with E-state index >= 15 is 0 Å². The zero-order valence-corrected chi connectivity index (χ0v) is 12.2. The molecule has 0 aliphatic rings. The maximum Gasteiger partial charge on any atom is 0.269 e. The predicted molar refractivity (Wildman–Crippen MR) is 79.4 cm³/mol. The minimum absolute atomic E-state index is 0.0889. The number of hydrogen-bond acceptors (Lipinski definition) is 3. The summed E-state index contributed by atoms with van der Waals surface area (Å²) in [5.41, 5.74) is 1.44. The molecular weight excluding hydrogens is 238 g/mol. The van der Waals surface area contributed by atoms with Crippen LogP contribution in [0, 0.1) is 5.92 Å². The molecule has 0 aromatic carbocycles. The van der Waals surface area contributed by atoms with Crippen LogP contribution in [0.15, 0.2) is 18.3 Å². The van der Waals surface area contributed by atoms with E-state index in [1.165, 1.54) is 0 Å². The number of nitrogens with zero attached hydrogens (tertiary/aromatic N) is 1. The normalized spacial score (nSPS) is 10.5. The lowest BCUT2D eigenvalue weighted by Gasteiger charge is -2.13. The molecule has 2 N–H and O–H groups in total. The van der Waals surface area contributed by atoms with Gasteiger partial charge in [0.2, 0.25) is 0 Å². The second-order valence-electron chi connectivity index (χ2n) is 4.75. The second-order valence-corrected chi connectivity index (χ2v) is 4.75. The summed E-state index contributed by atoms with van der Waals surface area (Å²) in [6.45, 7) is 8.05. The molecule has 0 aliphatic carbocycles. The summed E-state index contributed by atoms with van der Waals surface area (Å²) in [6.07, 6.45) is 4.95. The average molecular weight is 263 g/mol. The Hall–Kier alpha value is -1.58. The SMILES string of the molecule is CCCNc1ccc(C(=O)NCC(CC)CC)nc1. The standard InChI is InChI=1S/C15H25N3O/c1-4-9-16-13-7-8-14(17-11-13)15(19)18-10-12(5-2)6-3/h7-8,11-12,16H,4-6,9-10H2,1-3H3,(H,18,19). The largest absolute Gasteiger partial charge is 0.384 e. The Balaban J connectivity index is 2.48. The first kappa shape index (κ1) is 15.5. The summed E-state index contributed by atoms with van der Waals surface area (Å²) >= 11 is 0. The topological polar surface area (TPSA) is 54.0 Å². The van der Waals surface area contributed by atoms with Crippen molar-refractivity contribution in [2.45, 2.75) is 40.0 Å². The second kappa shape index (κ2) is 8.51. The van der Waals surface area contributed by atoms with Crippen molar-refractivity contribution in [2.24, 2.45) is 5.92 Å². The number of amides is 1. The highest BCUT2D eigenvalue weighted by Gasteiger charge is 2.09. The summed E-state index contributed by atoms with van der Waals surface area (Å²) in [6, 6.07) is 3.66. The molecule has 0 radical (unpaired) electrons. The minimum atomic E-state index is -0.0889. The fraction of sp³-hybridized carbons (Fsp3) is 0.600. The van der Waals surface area contributed by atoms with Gasteiger partial charge in [0.05, 0.1) is 11.9 Å². The summed E-state index contributed by atoms with van der Waals surface area (Å²) in [4.78, 5) is 16.1. The highest BCUT2D eigenvalue weighted by atomic mass is 16.1. The first-order valence-corrected chi connectivity index (χ1v) is 7.19. The van der Waals surface area contributed by atoms with E-state index in [1.807, 2.05) is 6.07 Å². The van der Waals surface area contributed by atoms with Crippen LogP contribution in [0.5, 0.6) is 0 Å². The van der Waals surface area contributed by atoms with Gasteiger partial charge in [0, 0.05) is 13.1 Å². The molecule has 0 saturated carbocycles. The van der Waals surface area contributed by atoms with Gasteiger partial charge in [-0.05, 0) is 24.5 Å². The predicted octanol–water partition coefficient (Wildman–Crippen LogP) is 3.07. The zero-order valence-electron chi connectivity index (χ0n) is 12.2. The Labute approximate surface area is 116 Å². The Morgan fingerprint density at radius 3 is 2.53 bits per heavy atom. The molecule has 0 spiro atoms. The van der Waals surface area contributed by atoms with Crippen LogP contribution in [0.3, 0.4) is 0 Å². The van der Waals surface area contributed by atoms with E-state index in [0.29, 0.717) is 11.6 Å². The van der Waals surface area contributed by atoms with E-state index in [4.69, 9.17) is 0 Å². The van der Waals surface area contributed by atoms with Crippen LogP contribution in [-0.2, 0) is 0 Å². The molecular formula is C15H25N3O. The van der Waals surface area contributed by atoms with Gasteiger partial charge < -0.3 is 10.6 Å². The summed E-state index contributed by atoms with van der Waals surface area (Å²) in [5, 5.41) is 6.18. The van der Waals surface area contributed by atoms with Crippen molar-refractivity contribution < 1.29 is 4.79 Å². The number of pyridine rings is 1. The van der Waals surface area contributed by atoms with Crippen molar-refractivity contribution >= 4 is 11.6 Å². The van der Waals surface area contributed by atoms with Crippen molar-refractivity contribution in [3.05, 3.63) is 24.0 Å². The molecule has 1 aromatic rings. The summed E-state index contributed by atoms with van der Waals surface area (Å²) in [7, 11) is 0. The molecule has 19 heavy (non-hydrogen) atoms. The number of aromatic nitrogens is 1. The molecule has 106 valence electrons. The Bertz CT molecular complexity index is 371. The van der Waals surface area contributed by atoms with Crippen LogP contribution in [0.4, 0.5) is 5.69 Å². The van der Waals surface area contributed by atoms with Gasteiger partial charge in [0.25, 0.3) is 5.91 Å². The van der Waals surface area contributed by atoms with Gasteiger partial charge in [-0.1, -0.05) is 33.6 Å². The van der Waals surface area contributed by atoms with E-state index < -0.39 is 0 Å². The highest BCUT2D eigenvalue weighted by Crippen LogP contribution is 2.08. The maximum atomic E-state index is 11.9. The quantitative estimate of drug-likeness (QED) is 0.758. The summed E-state index contributed by atoms with van der Waals surface area (Å²) < 4.78 is 0. The number of anilines is 1. The number of hydrogen-bond donors (Lipinski definition) is 2. The van der Waals surface area contributed by atoms with Gasteiger partial charge in [-0.3, -0.25) is 4.79 Å². The van der Waals surface area contributed by atoms with E-state index in [0.717, 1.165) is 38.0 Å². The fourth-order valence-electron chi connectivity index (χ4n) is 1.81. The van der Waals surface area contributed by atoms with Gasteiger partial charge in [-0.25, -0.2) is 4.98 Å². The van der Waals surface area contributed by atoms with Crippen LogP contribution in [-0.4, -0.2) is 24.0 Å². The minimum Gasteiger partial charge on any atom is -0.384 e. The molecule has 0 aliphatic heterocycles. The van der Waals surface area contributed by atoms with Gasteiger partial charge in [0.1, 0.15) is 5.69 Å². The van der Waals surface area contributed by atoms with Crippen molar-refractivity contribution in [3.8, 4) is 0 Å². The van der Waals surface area contributed by atoms with Crippen molar-refractivity contribution in [2.75, 3.05) is 18.4 Å². The van der Waals surface area contributed by atoms with E-state index in [2.05, 4.69) is 36.4 Å².